The molecule has 2 N–H and O–H groups in total. The minimum Gasteiger partial charge on any atom is -0.480 e. The van der Waals surface area contributed by atoms with Crippen LogP contribution in [-0.2, 0) is 4.79 Å². The fourth-order valence-electron chi connectivity index (χ4n) is 5.42. The number of ether oxygens (including phenoxy) is 1. The van der Waals surface area contributed by atoms with E-state index >= 15 is 0 Å². The fraction of sp³-hybridized carbons (Fsp3) is 0.250. The molecule has 1 aliphatic heterocycles. The molecule has 202 valence electrons. The molecule has 1 fully saturated rings. The van der Waals surface area contributed by atoms with E-state index in [0.29, 0.717) is 5.88 Å². The number of rotatable bonds is 6. The number of anilines is 3. The molecule has 8 nitrogen and oxygen atoms in total. The van der Waals surface area contributed by atoms with Gasteiger partial charge in [0.15, 0.2) is 0 Å². The molecule has 2 aliphatic carbocycles. The zero-order chi connectivity index (χ0) is 27.5. The topological polar surface area (TPSA) is 93.4 Å². The highest BCUT2D eigenvalue weighted by molar-refractivity contribution is 5.89. The number of carbonyl (C=O) groups is 1. The largest absolute Gasteiger partial charge is 0.480 e. The molecule has 0 spiro atoms. The predicted octanol–water partition coefficient (Wildman–Crippen LogP) is 6.47. The molecule has 0 unspecified atom stereocenters. The van der Waals surface area contributed by atoms with Gasteiger partial charge in [0.25, 0.3) is 0 Å². The van der Waals surface area contributed by atoms with Gasteiger partial charge in [-0.15, -0.1) is 0 Å². The van der Waals surface area contributed by atoms with E-state index in [1.807, 2.05) is 54.6 Å². The number of carbonyl (C=O) groups excluding carboxylic acids is 1. The lowest BCUT2D eigenvalue weighted by Gasteiger charge is -2.22. The summed E-state index contributed by atoms with van der Waals surface area (Å²) in [6, 6.07) is 24.3. The number of nitrogens with zero attached hydrogens (tertiary/aromatic N) is 4. The third-order valence-corrected chi connectivity index (χ3v) is 7.27. The quantitative estimate of drug-likeness (QED) is 0.245. The van der Waals surface area contributed by atoms with Crippen molar-refractivity contribution in [2.24, 2.45) is 4.99 Å². The van der Waals surface area contributed by atoms with Gasteiger partial charge in [-0.2, -0.15) is 0 Å². The summed E-state index contributed by atoms with van der Waals surface area (Å²) >= 11 is 0. The molecular weight excluding hydrogens is 500 g/mol. The Hall–Kier alpha value is -4.72. The maximum Gasteiger partial charge on any atom is 0.237 e. The SMILES string of the molecule is COc1ncccc1Nc1cc2nc3ccccc3n(-c3ccc(NC(C)=O)cc3)c-2cc1=NC1CCCCC1. The second-order valence-electron chi connectivity index (χ2n) is 10.1. The fourth-order valence-corrected chi connectivity index (χ4v) is 5.42. The molecule has 0 atom stereocenters. The molecule has 0 radical (unpaired) electrons. The summed E-state index contributed by atoms with van der Waals surface area (Å²) in [6.45, 7) is 1.51. The zero-order valence-corrected chi connectivity index (χ0v) is 22.7. The first-order valence-corrected chi connectivity index (χ1v) is 13.7. The van der Waals surface area contributed by atoms with Crippen LogP contribution in [0.15, 0.2) is 84.0 Å². The summed E-state index contributed by atoms with van der Waals surface area (Å²) < 4.78 is 7.72. The molecule has 40 heavy (non-hydrogen) atoms. The number of pyridine rings is 1. The van der Waals surface area contributed by atoms with Crippen LogP contribution in [0.25, 0.3) is 28.1 Å². The lowest BCUT2D eigenvalue weighted by molar-refractivity contribution is -0.114. The monoisotopic (exact) mass is 532 g/mol. The third kappa shape index (κ3) is 5.25. The maximum absolute atomic E-state index is 11.6. The average Bonchev–Trinajstić information content (AvgIpc) is 2.97. The molecule has 0 saturated heterocycles. The van der Waals surface area contributed by atoms with Crippen LogP contribution in [0.4, 0.5) is 17.1 Å². The van der Waals surface area contributed by atoms with Crippen LogP contribution in [0.1, 0.15) is 39.0 Å². The van der Waals surface area contributed by atoms with E-state index in [4.69, 9.17) is 14.7 Å². The first-order chi connectivity index (χ1) is 19.6. The van der Waals surface area contributed by atoms with Crippen molar-refractivity contribution in [2.45, 2.75) is 45.1 Å². The van der Waals surface area contributed by atoms with Crippen molar-refractivity contribution in [2.75, 3.05) is 17.7 Å². The molecule has 8 heteroatoms. The summed E-state index contributed by atoms with van der Waals surface area (Å²) in [4.78, 5) is 26.2. The van der Waals surface area contributed by atoms with Crippen molar-refractivity contribution in [1.29, 1.82) is 0 Å². The Morgan fingerprint density at radius 3 is 2.55 bits per heavy atom. The van der Waals surface area contributed by atoms with E-state index in [1.165, 1.54) is 26.2 Å². The van der Waals surface area contributed by atoms with Gasteiger partial charge in [0.2, 0.25) is 11.8 Å². The van der Waals surface area contributed by atoms with Gasteiger partial charge >= 0.3 is 0 Å². The molecule has 2 aromatic carbocycles. The van der Waals surface area contributed by atoms with Crippen LogP contribution >= 0.6 is 0 Å². The standard InChI is InChI=1S/C32H32N6O2/c1-21(39)34-23-14-16-24(17-15-23)38-30-13-7-6-11-25(30)36-29-19-27(37-26-12-8-18-33-32(26)40-2)28(20-31(29)38)35-22-9-4-3-5-10-22/h6-8,11-20,22,37H,3-5,9-10H2,1-2H3,(H,34,39). The number of hydrogen-bond donors (Lipinski definition) is 2. The van der Waals surface area contributed by atoms with Gasteiger partial charge in [-0.1, -0.05) is 31.4 Å². The number of benzene rings is 3. The van der Waals surface area contributed by atoms with Gasteiger partial charge in [0.1, 0.15) is 5.69 Å². The number of aromatic nitrogens is 3. The van der Waals surface area contributed by atoms with Crippen molar-refractivity contribution in [1.82, 2.24) is 14.5 Å². The van der Waals surface area contributed by atoms with Crippen molar-refractivity contribution >= 4 is 34.0 Å². The normalized spacial score (nSPS) is 14.4. The Morgan fingerprint density at radius 1 is 0.975 bits per heavy atom. The Balaban J connectivity index is 1.58. The molecule has 1 amide bonds. The van der Waals surface area contributed by atoms with Gasteiger partial charge in [-0.3, -0.25) is 9.79 Å². The Kier molecular flexibility index (Phi) is 7.14. The molecule has 1 saturated carbocycles. The van der Waals surface area contributed by atoms with E-state index in [9.17, 15) is 4.79 Å². The van der Waals surface area contributed by atoms with E-state index < -0.39 is 0 Å². The molecular formula is C32H32N6O2. The lowest BCUT2D eigenvalue weighted by atomic mass is 9.96. The van der Waals surface area contributed by atoms with E-state index in [0.717, 1.165) is 63.4 Å². The van der Waals surface area contributed by atoms with Gasteiger partial charge in [-0.25, -0.2) is 9.97 Å². The third-order valence-electron chi connectivity index (χ3n) is 7.27. The van der Waals surface area contributed by atoms with Crippen LogP contribution < -0.4 is 20.7 Å². The summed E-state index contributed by atoms with van der Waals surface area (Å²) in [5.41, 5.74) is 7.00. The number of fused-ring (bicyclic) bond motifs is 2. The van der Waals surface area contributed by atoms with Crippen LogP contribution in [0.3, 0.4) is 0 Å². The minimum atomic E-state index is -0.0977. The molecule has 0 bridgehead atoms. The van der Waals surface area contributed by atoms with Crippen molar-refractivity contribution in [3.8, 4) is 23.0 Å². The average molecular weight is 533 g/mol. The highest BCUT2D eigenvalue weighted by atomic mass is 16.5. The highest BCUT2D eigenvalue weighted by Crippen LogP contribution is 2.32. The van der Waals surface area contributed by atoms with Crippen LogP contribution in [0, 0.1) is 0 Å². The van der Waals surface area contributed by atoms with Gasteiger partial charge < -0.3 is 19.9 Å². The minimum absolute atomic E-state index is 0.0977. The Labute approximate surface area is 233 Å². The smallest absolute Gasteiger partial charge is 0.237 e. The number of nitrogens with one attached hydrogen (secondary N) is 2. The van der Waals surface area contributed by atoms with Gasteiger partial charge in [0.05, 0.1) is 46.6 Å². The number of hydrogen-bond acceptors (Lipinski definition) is 6. The number of methoxy groups -OCH3 is 1. The van der Waals surface area contributed by atoms with Crippen molar-refractivity contribution in [3.63, 3.8) is 0 Å². The summed E-state index contributed by atoms with van der Waals surface area (Å²) in [6.07, 6.45) is 7.57. The molecule has 1 aromatic heterocycles. The molecule has 3 aromatic rings. The summed E-state index contributed by atoms with van der Waals surface area (Å²) in [7, 11) is 1.62. The van der Waals surface area contributed by atoms with E-state index in [2.05, 4.69) is 38.4 Å². The Morgan fingerprint density at radius 2 is 1.77 bits per heavy atom. The van der Waals surface area contributed by atoms with Crippen LogP contribution in [0.2, 0.25) is 0 Å². The summed E-state index contributed by atoms with van der Waals surface area (Å²) in [5.74, 6) is 0.423. The predicted molar refractivity (Wildman–Crippen MR) is 159 cm³/mol. The lowest BCUT2D eigenvalue weighted by Crippen LogP contribution is -2.19. The second-order valence-corrected chi connectivity index (χ2v) is 10.1. The number of amides is 1. The zero-order valence-electron chi connectivity index (χ0n) is 22.7. The van der Waals surface area contributed by atoms with E-state index in [-0.39, 0.29) is 11.9 Å². The highest BCUT2D eigenvalue weighted by Gasteiger charge is 2.19. The van der Waals surface area contributed by atoms with Crippen LogP contribution in [0.5, 0.6) is 5.88 Å². The van der Waals surface area contributed by atoms with Gasteiger partial charge in [-0.05, 0) is 73.5 Å². The molecule has 3 aliphatic rings. The first kappa shape index (κ1) is 25.6. The molecule has 2 heterocycles. The molecule has 6 rings (SSSR count). The maximum atomic E-state index is 11.6. The number of para-hydroxylation sites is 2. The first-order valence-electron chi connectivity index (χ1n) is 13.7. The second kappa shape index (κ2) is 11.2. The van der Waals surface area contributed by atoms with Crippen molar-refractivity contribution in [3.05, 3.63) is 84.4 Å². The van der Waals surface area contributed by atoms with Crippen LogP contribution in [-0.4, -0.2) is 33.6 Å². The van der Waals surface area contributed by atoms with E-state index in [1.54, 1.807) is 13.3 Å². The summed E-state index contributed by atoms with van der Waals surface area (Å²) in [5, 5.41) is 7.27. The van der Waals surface area contributed by atoms with Crippen molar-refractivity contribution < 1.29 is 9.53 Å². The Bertz CT molecular complexity index is 1700. The van der Waals surface area contributed by atoms with Gasteiger partial charge in [0, 0.05) is 24.5 Å².